The van der Waals surface area contributed by atoms with E-state index in [9.17, 15) is 4.79 Å². The van der Waals surface area contributed by atoms with E-state index in [-0.39, 0.29) is 5.69 Å². The van der Waals surface area contributed by atoms with E-state index in [1.54, 1.807) is 47.0 Å². The van der Waals surface area contributed by atoms with Crippen molar-refractivity contribution in [1.29, 1.82) is 0 Å². The zero-order valence-electron chi connectivity index (χ0n) is 23.3. The molecule has 7 heterocycles. The minimum atomic E-state index is -0.0890. The second-order valence-corrected chi connectivity index (χ2v) is 11.1. The van der Waals surface area contributed by atoms with Gasteiger partial charge in [-0.05, 0) is 31.9 Å². The first-order valence-electron chi connectivity index (χ1n) is 13.5. The summed E-state index contributed by atoms with van der Waals surface area (Å²) in [6.45, 7) is 3.62. The van der Waals surface area contributed by atoms with Crippen LogP contribution in [0.2, 0.25) is 0 Å². The lowest BCUT2D eigenvalue weighted by Crippen LogP contribution is -2.34. The molecule has 0 bridgehead atoms. The molecule has 6 aromatic heterocycles. The average molecular weight is 568 g/mol. The Morgan fingerprint density at radius 3 is 2.63 bits per heavy atom. The second-order valence-electron chi connectivity index (χ2n) is 10.4. The van der Waals surface area contributed by atoms with Gasteiger partial charge in [-0.2, -0.15) is 5.10 Å². The lowest BCUT2D eigenvalue weighted by molar-refractivity contribution is 0.416. The Hall–Kier alpha value is -4.58. The first-order valence-corrected chi connectivity index (χ1v) is 14.4. The Morgan fingerprint density at radius 2 is 1.88 bits per heavy atom. The molecule has 0 saturated carbocycles. The number of ether oxygens (including phenoxy) is 1. The van der Waals surface area contributed by atoms with E-state index in [0.29, 0.717) is 17.5 Å². The third kappa shape index (κ3) is 4.08. The standard InChI is InChI=1S/C29H29N9O2S/c1-17-19-14-32-38(23(19)11-21(33-17)20-13-30-8-5-25(20)40-4)26-12-24-27(36(3)29(39)35(24)2)28(34-26)37-9-6-18(7-10-37)22-15-41-16-31-22/h5,8,11-16,18H,6-7,9-10H2,1-4H3. The van der Waals surface area contributed by atoms with Crippen molar-refractivity contribution in [1.82, 2.24) is 38.9 Å². The highest BCUT2D eigenvalue weighted by atomic mass is 32.1. The van der Waals surface area contributed by atoms with Crippen molar-refractivity contribution >= 4 is 39.1 Å². The molecule has 0 atom stereocenters. The Kier molecular flexibility index (Phi) is 6.07. The highest BCUT2D eigenvalue weighted by Gasteiger charge is 2.27. The molecule has 208 valence electrons. The summed E-state index contributed by atoms with van der Waals surface area (Å²) < 4.78 is 10.8. The predicted molar refractivity (Wildman–Crippen MR) is 159 cm³/mol. The summed E-state index contributed by atoms with van der Waals surface area (Å²) in [5.74, 6) is 2.56. The van der Waals surface area contributed by atoms with Gasteiger partial charge in [-0.15, -0.1) is 11.3 Å². The number of methoxy groups -OCH3 is 1. The maximum absolute atomic E-state index is 13.1. The number of aryl methyl sites for hydroxylation is 3. The molecule has 1 aliphatic rings. The number of pyridine rings is 3. The molecule has 1 aliphatic heterocycles. The molecule has 11 nitrogen and oxygen atoms in total. The number of piperidine rings is 1. The van der Waals surface area contributed by atoms with Gasteiger partial charge in [0.1, 0.15) is 11.3 Å². The van der Waals surface area contributed by atoms with E-state index in [1.807, 2.05) is 48.6 Å². The number of hydrogen-bond donors (Lipinski definition) is 0. The number of anilines is 1. The molecule has 0 aliphatic carbocycles. The summed E-state index contributed by atoms with van der Waals surface area (Å²) in [5, 5.41) is 7.82. The van der Waals surface area contributed by atoms with Gasteiger partial charge in [-0.3, -0.25) is 19.1 Å². The van der Waals surface area contributed by atoms with Crippen molar-refractivity contribution in [3.05, 3.63) is 69.6 Å². The van der Waals surface area contributed by atoms with Crippen molar-refractivity contribution in [2.75, 3.05) is 25.1 Å². The maximum Gasteiger partial charge on any atom is 0.328 e. The SMILES string of the molecule is COc1ccncc1-c1cc2c(cnn2-c2cc3c(c(N4CCC(c5cscn5)CC4)n2)n(C)c(=O)n3C)c(C)n1. The summed E-state index contributed by atoms with van der Waals surface area (Å²) >= 11 is 1.64. The summed E-state index contributed by atoms with van der Waals surface area (Å²) in [6.07, 6.45) is 7.22. The van der Waals surface area contributed by atoms with Crippen molar-refractivity contribution < 1.29 is 4.74 Å². The normalized spacial score (nSPS) is 14.4. The maximum atomic E-state index is 13.1. The highest BCUT2D eigenvalue weighted by Crippen LogP contribution is 2.35. The van der Waals surface area contributed by atoms with Crippen LogP contribution in [-0.4, -0.2) is 59.0 Å². The smallest absolute Gasteiger partial charge is 0.328 e. The molecular formula is C29H29N9O2S. The predicted octanol–water partition coefficient (Wildman–Crippen LogP) is 4.23. The quantitative estimate of drug-likeness (QED) is 0.305. The van der Waals surface area contributed by atoms with E-state index < -0.39 is 0 Å². The Bertz CT molecular complexity index is 1960. The van der Waals surface area contributed by atoms with E-state index in [4.69, 9.17) is 19.8 Å². The molecule has 0 spiro atoms. The number of aromatic nitrogens is 8. The van der Waals surface area contributed by atoms with Crippen molar-refractivity contribution in [2.45, 2.75) is 25.7 Å². The molecule has 0 unspecified atom stereocenters. The van der Waals surface area contributed by atoms with Gasteiger partial charge < -0.3 is 9.64 Å². The fourth-order valence-corrected chi connectivity index (χ4v) is 6.53. The van der Waals surface area contributed by atoms with Crippen LogP contribution in [0.5, 0.6) is 5.75 Å². The Morgan fingerprint density at radius 1 is 1.05 bits per heavy atom. The number of hydrogen-bond acceptors (Lipinski definition) is 9. The zero-order valence-corrected chi connectivity index (χ0v) is 24.1. The molecule has 7 rings (SSSR count). The lowest BCUT2D eigenvalue weighted by atomic mass is 9.94. The monoisotopic (exact) mass is 567 g/mol. The molecule has 0 amide bonds. The summed E-state index contributed by atoms with van der Waals surface area (Å²) in [6, 6.07) is 5.75. The van der Waals surface area contributed by atoms with Crippen LogP contribution in [0.25, 0.3) is 39.0 Å². The van der Waals surface area contributed by atoms with Gasteiger partial charge in [0.25, 0.3) is 0 Å². The molecule has 0 N–H and O–H groups in total. The molecule has 0 radical (unpaired) electrons. The topological polar surface area (TPSA) is 109 Å². The number of thiazole rings is 1. The van der Waals surface area contributed by atoms with Crippen LogP contribution < -0.4 is 15.3 Å². The molecule has 1 fully saturated rings. The van der Waals surface area contributed by atoms with E-state index in [0.717, 1.165) is 70.6 Å². The van der Waals surface area contributed by atoms with Gasteiger partial charge in [0.2, 0.25) is 0 Å². The van der Waals surface area contributed by atoms with Gasteiger partial charge in [-0.25, -0.2) is 19.4 Å². The lowest BCUT2D eigenvalue weighted by Gasteiger charge is -2.32. The molecule has 41 heavy (non-hydrogen) atoms. The fourth-order valence-electron chi connectivity index (χ4n) is 5.89. The molecule has 0 aromatic carbocycles. The van der Waals surface area contributed by atoms with Crippen LogP contribution in [-0.2, 0) is 14.1 Å². The van der Waals surface area contributed by atoms with Crippen LogP contribution in [0.3, 0.4) is 0 Å². The second kappa shape index (κ2) is 9.81. The highest BCUT2D eigenvalue weighted by molar-refractivity contribution is 7.07. The molecule has 12 heteroatoms. The average Bonchev–Trinajstić information content (AvgIpc) is 3.74. The first kappa shape index (κ1) is 25.4. The van der Waals surface area contributed by atoms with Gasteiger partial charge >= 0.3 is 5.69 Å². The minimum Gasteiger partial charge on any atom is -0.496 e. The van der Waals surface area contributed by atoms with E-state index in [2.05, 4.69) is 20.2 Å². The number of fused-ring (bicyclic) bond motifs is 2. The fraction of sp³-hybridized carbons (Fsp3) is 0.310. The van der Waals surface area contributed by atoms with Crippen LogP contribution in [0.4, 0.5) is 5.82 Å². The van der Waals surface area contributed by atoms with Crippen LogP contribution in [0.15, 0.2) is 52.5 Å². The van der Waals surface area contributed by atoms with Crippen molar-refractivity contribution in [3.8, 4) is 22.8 Å². The summed E-state index contributed by atoms with van der Waals surface area (Å²) in [5.41, 5.74) is 7.84. The largest absolute Gasteiger partial charge is 0.496 e. The number of rotatable bonds is 5. The van der Waals surface area contributed by atoms with Crippen molar-refractivity contribution in [2.24, 2.45) is 14.1 Å². The Labute approximate surface area is 239 Å². The molecule has 6 aromatic rings. The van der Waals surface area contributed by atoms with Gasteiger partial charge in [0.15, 0.2) is 11.6 Å². The van der Waals surface area contributed by atoms with Crippen LogP contribution in [0.1, 0.15) is 30.1 Å². The van der Waals surface area contributed by atoms with E-state index in [1.165, 1.54) is 5.69 Å². The molecular weight excluding hydrogens is 538 g/mol. The van der Waals surface area contributed by atoms with Crippen LogP contribution >= 0.6 is 11.3 Å². The summed E-state index contributed by atoms with van der Waals surface area (Å²) in [7, 11) is 5.25. The van der Waals surface area contributed by atoms with E-state index >= 15 is 0 Å². The molecule has 1 saturated heterocycles. The first-order chi connectivity index (χ1) is 19.9. The Balaban J connectivity index is 1.37. The number of imidazole rings is 1. The van der Waals surface area contributed by atoms with Crippen molar-refractivity contribution in [3.63, 3.8) is 0 Å². The minimum absolute atomic E-state index is 0.0890. The van der Waals surface area contributed by atoms with Gasteiger partial charge in [-0.1, -0.05) is 0 Å². The van der Waals surface area contributed by atoms with Gasteiger partial charge in [0.05, 0.1) is 46.8 Å². The third-order valence-corrected chi connectivity index (χ3v) is 8.73. The third-order valence-electron chi connectivity index (χ3n) is 8.13. The van der Waals surface area contributed by atoms with Crippen LogP contribution in [0, 0.1) is 6.92 Å². The van der Waals surface area contributed by atoms with Gasteiger partial charge in [0, 0.05) is 68.0 Å². The number of nitrogens with zero attached hydrogens (tertiary/aromatic N) is 9. The summed E-state index contributed by atoms with van der Waals surface area (Å²) in [4.78, 5) is 34.2. The zero-order chi connectivity index (χ0) is 28.2.